The van der Waals surface area contributed by atoms with Crippen LogP contribution in [0.2, 0.25) is 0 Å². The van der Waals surface area contributed by atoms with Crippen molar-refractivity contribution >= 4 is 15.9 Å². The number of hydrogen-bond acceptors (Lipinski definition) is 5. The van der Waals surface area contributed by atoms with Gasteiger partial charge in [-0.1, -0.05) is 0 Å². The fraction of sp³-hybridized carbons (Fsp3) is 0.733. The van der Waals surface area contributed by atoms with E-state index in [1.54, 1.807) is 23.4 Å². The Morgan fingerprint density at radius 3 is 2.71 bits per heavy atom. The van der Waals surface area contributed by atoms with Crippen molar-refractivity contribution in [2.75, 3.05) is 39.4 Å². The number of rotatable bonds is 3. The minimum Gasteiger partial charge on any atom is -0.381 e. The van der Waals surface area contributed by atoms with Crippen LogP contribution in [0.15, 0.2) is 11.2 Å². The fourth-order valence-electron chi connectivity index (χ4n) is 3.12. The third-order valence-corrected chi connectivity index (χ3v) is 6.51. The number of carbonyl (C=O) groups is 1. The van der Waals surface area contributed by atoms with Crippen LogP contribution in [0.25, 0.3) is 0 Å². The van der Waals surface area contributed by atoms with Crippen molar-refractivity contribution in [2.45, 2.75) is 24.8 Å². The van der Waals surface area contributed by atoms with E-state index < -0.39 is 10.0 Å². The summed E-state index contributed by atoms with van der Waals surface area (Å²) in [7, 11) is -1.84. The molecule has 0 N–H and O–H groups in total. The highest BCUT2D eigenvalue weighted by atomic mass is 32.2. The lowest BCUT2D eigenvalue weighted by molar-refractivity contribution is -0.135. The summed E-state index contributed by atoms with van der Waals surface area (Å²) in [5, 5.41) is 0.0754. The molecule has 3 heterocycles. The van der Waals surface area contributed by atoms with Gasteiger partial charge in [-0.15, -0.1) is 0 Å². The van der Waals surface area contributed by atoms with Crippen molar-refractivity contribution in [2.24, 2.45) is 13.0 Å². The molecule has 24 heavy (non-hydrogen) atoms. The number of carbonyl (C=O) groups excluding carboxylic acids is 1. The van der Waals surface area contributed by atoms with Crippen LogP contribution in [0.1, 0.15) is 18.7 Å². The van der Waals surface area contributed by atoms with Gasteiger partial charge in [0.2, 0.25) is 5.91 Å². The molecular weight excluding hydrogens is 332 g/mol. The number of aryl methyl sites for hydroxylation is 2. The first kappa shape index (κ1) is 17.4. The molecule has 134 valence electrons. The normalized spacial score (nSPS) is 23.4. The maximum Gasteiger partial charge on any atom is 0.262 e. The maximum atomic E-state index is 12.8. The molecule has 0 aromatic carbocycles. The molecule has 0 radical (unpaired) electrons. The first-order valence-corrected chi connectivity index (χ1v) is 9.70. The van der Waals surface area contributed by atoms with Gasteiger partial charge in [0, 0.05) is 46.0 Å². The zero-order valence-electron chi connectivity index (χ0n) is 14.1. The highest BCUT2D eigenvalue weighted by Gasteiger charge is 2.33. The molecule has 1 aromatic heterocycles. The summed E-state index contributed by atoms with van der Waals surface area (Å²) in [5.41, 5.74) is 0. The van der Waals surface area contributed by atoms with E-state index in [0.29, 0.717) is 51.6 Å². The first-order chi connectivity index (χ1) is 11.4. The molecule has 2 aliphatic rings. The van der Waals surface area contributed by atoms with Gasteiger partial charge in [-0.25, -0.2) is 13.4 Å². The third-order valence-electron chi connectivity index (χ3n) is 4.74. The average Bonchev–Trinajstić information content (AvgIpc) is 3.11. The van der Waals surface area contributed by atoms with Crippen LogP contribution in [0, 0.1) is 12.8 Å². The number of hydrogen-bond donors (Lipinski definition) is 0. The summed E-state index contributed by atoms with van der Waals surface area (Å²) in [4.78, 5) is 18.4. The summed E-state index contributed by atoms with van der Waals surface area (Å²) in [6, 6.07) is 0. The molecule has 2 fully saturated rings. The van der Waals surface area contributed by atoms with Gasteiger partial charge in [-0.2, -0.15) is 4.31 Å². The molecule has 2 aliphatic heterocycles. The van der Waals surface area contributed by atoms with Crippen molar-refractivity contribution in [1.82, 2.24) is 18.8 Å². The molecular formula is C15H24N4O4S. The van der Waals surface area contributed by atoms with E-state index in [2.05, 4.69) is 4.98 Å². The van der Waals surface area contributed by atoms with Crippen molar-refractivity contribution < 1.29 is 17.9 Å². The van der Waals surface area contributed by atoms with E-state index in [1.165, 1.54) is 10.5 Å². The summed E-state index contributed by atoms with van der Waals surface area (Å²) < 4.78 is 33.9. The van der Waals surface area contributed by atoms with E-state index in [9.17, 15) is 13.2 Å². The molecule has 1 unspecified atom stereocenters. The standard InChI is InChI=1S/C15H24N4O4S/c1-12-16-14(10-17(12)2)24(21,22)19-6-3-5-18(7-8-19)15(20)13-4-9-23-11-13/h10,13H,3-9,11H2,1-2H3. The summed E-state index contributed by atoms with van der Waals surface area (Å²) in [5.74, 6) is 0.661. The van der Waals surface area contributed by atoms with Crippen molar-refractivity contribution in [1.29, 1.82) is 0 Å². The molecule has 0 bridgehead atoms. The molecule has 1 aromatic rings. The van der Waals surface area contributed by atoms with Crippen LogP contribution in [0.5, 0.6) is 0 Å². The van der Waals surface area contributed by atoms with Crippen LogP contribution >= 0.6 is 0 Å². The highest BCUT2D eigenvalue weighted by Crippen LogP contribution is 2.20. The zero-order chi connectivity index (χ0) is 17.3. The molecule has 3 rings (SSSR count). The zero-order valence-corrected chi connectivity index (χ0v) is 15.0. The SMILES string of the molecule is Cc1nc(S(=O)(=O)N2CCCN(C(=O)C3CCOC3)CC2)cn1C. The molecule has 0 spiro atoms. The van der Waals surface area contributed by atoms with Gasteiger partial charge in [-0.3, -0.25) is 4.79 Å². The second-order valence-electron chi connectivity index (χ2n) is 6.38. The second-order valence-corrected chi connectivity index (χ2v) is 8.27. The number of amides is 1. The second kappa shape index (κ2) is 6.81. The van der Waals surface area contributed by atoms with Crippen LogP contribution < -0.4 is 0 Å². The van der Waals surface area contributed by atoms with Crippen molar-refractivity contribution in [3.8, 4) is 0 Å². The number of sulfonamides is 1. The quantitative estimate of drug-likeness (QED) is 0.760. The van der Waals surface area contributed by atoms with Crippen LogP contribution in [-0.4, -0.2) is 72.5 Å². The summed E-state index contributed by atoms with van der Waals surface area (Å²) >= 11 is 0. The Labute approximate surface area is 142 Å². The van der Waals surface area contributed by atoms with Gasteiger partial charge < -0.3 is 14.2 Å². The Kier molecular flexibility index (Phi) is 4.93. The van der Waals surface area contributed by atoms with Gasteiger partial charge in [-0.05, 0) is 19.8 Å². The first-order valence-electron chi connectivity index (χ1n) is 8.26. The van der Waals surface area contributed by atoms with Gasteiger partial charge in [0.15, 0.2) is 5.03 Å². The molecule has 0 saturated carbocycles. The van der Waals surface area contributed by atoms with Crippen LogP contribution in [0.3, 0.4) is 0 Å². The maximum absolute atomic E-state index is 12.8. The number of ether oxygens (including phenoxy) is 1. The molecule has 8 nitrogen and oxygen atoms in total. The average molecular weight is 356 g/mol. The monoisotopic (exact) mass is 356 g/mol. The minimum atomic E-state index is -3.62. The molecule has 1 amide bonds. The molecule has 2 saturated heterocycles. The Bertz CT molecular complexity index is 690. The third kappa shape index (κ3) is 3.33. The van der Waals surface area contributed by atoms with Crippen molar-refractivity contribution in [3.05, 3.63) is 12.0 Å². The summed E-state index contributed by atoms with van der Waals surface area (Å²) in [6.45, 7) is 4.59. The lowest BCUT2D eigenvalue weighted by atomic mass is 10.1. The van der Waals surface area contributed by atoms with Gasteiger partial charge in [0.05, 0.1) is 12.5 Å². The largest absolute Gasteiger partial charge is 0.381 e. The Morgan fingerprint density at radius 2 is 2.08 bits per heavy atom. The van der Waals surface area contributed by atoms with Crippen molar-refractivity contribution in [3.63, 3.8) is 0 Å². The minimum absolute atomic E-state index is 0.0754. The predicted molar refractivity (Wildman–Crippen MR) is 86.8 cm³/mol. The van der Waals surface area contributed by atoms with Gasteiger partial charge in [0.1, 0.15) is 5.82 Å². The smallest absolute Gasteiger partial charge is 0.262 e. The molecule has 9 heteroatoms. The summed E-state index contributed by atoms with van der Waals surface area (Å²) in [6.07, 6.45) is 2.92. The number of nitrogens with zero attached hydrogens (tertiary/aromatic N) is 4. The van der Waals surface area contributed by atoms with E-state index >= 15 is 0 Å². The number of imidazole rings is 1. The molecule has 0 aliphatic carbocycles. The van der Waals surface area contributed by atoms with E-state index in [-0.39, 0.29) is 16.9 Å². The Hall–Kier alpha value is -1.45. The number of aromatic nitrogens is 2. The van der Waals surface area contributed by atoms with E-state index in [1.807, 2.05) is 0 Å². The van der Waals surface area contributed by atoms with Crippen LogP contribution in [-0.2, 0) is 26.6 Å². The fourth-order valence-corrected chi connectivity index (χ4v) is 4.62. The topological polar surface area (TPSA) is 84.7 Å². The lowest BCUT2D eigenvalue weighted by Crippen LogP contribution is -2.40. The van der Waals surface area contributed by atoms with Gasteiger partial charge in [0.25, 0.3) is 10.0 Å². The molecule has 1 atom stereocenters. The van der Waals surface area contributed by atoms with Gasteiger partial charge >= 0.3 is 0 Å². The van der Waals surface area contributed by atoms with E-state index in [4.69, 9.17) is 4.74 Å². The van der Waals surface area contributed by atoms with E-state index in [0.717, 1.165) is 6.42 Å². The lowest BCUT2D eigenvalue weighted by Gasteiger charge is -2.23. The van der Waals surface area contributed by atoms with Crippen LogP contribution in [0.4, 0.5) is 0 Å². The Morgan fingerprint density at radius 1 is 1.29 bits per heavy atom. The highest BCUT2D eigenvalue weighted by molar-refractivity contribution is 7.89. The predicted octanol–water partition coefficient (Wildman–Crippen LogP) is -0.0120. The Balaban J connectivity index is 1.69.